The molecule has 3 heterocycles. The molecule has 1 fully saturated rings. The number of morpholine rings is 1. The van der Waals surface area contributed by atoms with Crippen molar-refractivity contribution in [3.8, 4) is 5.82 Å². The summed E-state index contributed by atoms with van der Waals surface area (Å²) in [4.78, 5) is 12.5. The van der Waals surface area contributed by atoms with Crippen LogP contribution in [0.25, 0.3) is 5.82 Å². The lowest BCUT2D eigenvalue weighted by Gasteiger charge is -2.34. The molecular formula is C17H25N5O4S. The molecule has 0 bridgehead atoms. The summed E-state index contributed by atoms with van der Waals surface area (Å²) in [7, 11) is -1.72. The van der Waals surface area contributed by atoms with E-state index in [1.807, 2.05) is 38.4 Å². The Morgan fingerprint density at radius 1 is 1.26 bits per heavy atom. The van der Waals surface area contributed by atoms with E-state index in [1.165, 1.54) is 10.5 Å². The van der Waals surface area contributed by atoms with Crippen LogP contribution in [-0.4, -0.2) is 70.6 Å². The molecule has 2 aromatic heterocycles. The monoisotopic (exact) mass is 395 g/mol. The molecular weight excluding hydrogens is 370 g/mol. The number of hydrogen-bond acceptors (Lipinski definition) is 5. The molecule has 0 spiro atoms. The lowest BCUT2D eigenvalue weighted by Crippen LogP contribution is -2.49. The third-order valence-electron chi connectivity index (χ3n) is 4.43. The second kappa shape index (κ2) is 7.83. The van der Waals surface area contributed by atoms with Crippen LogP contribution in [0.5, 0.6) is 0 Å². The number of nitrogens with one attached hydrogen (secondary N) is 1. The van der Waals surface area contributed by atoms with Gasteiger partial charge in [0.15, 0.2) is 0 Å². The van der Waals surface area contributed by atoms with Crippen molar-refractivity contribution in [1.29, 1.82) is 0 Å². The first kappa shape index (κ1) is 19.6. The predicted octanol–water partition coefficient (Wildman–Crippen LogP) is 0.380. The molecule has 148 valence electrons. The van der Waals surface area contributed by atoms with Crippen molar-refractivity contribution in [2.24, 2.45) is 7.05 Å². The van der Waals surface area contributed by atoms with E-state index in [4.69, 9.17) is 4.74 Å². The van der Waals surface area contributed by atoms with Crippen molar-refractivity contribution in [2.75, 3.05) is 25.4 Å². The van der Waals surface area contributed by atoms with E-state index in [9.17, 15) is 13.2 Å². The van der Waals surface area contributed by atoms with Crippen molar-refractivity contribution in [3.05, 3.63) is 36.3 Å². The second-order valence-corrected chi connectivity index (χ2v) is 8.83. The molecule has 0 unspecified atom stereocenters. The van der Waals surface area contributed by atoms with Crippen LogP contribution in [0.3, 0.4) is 0 Å². The van der Waals surface area contributed by atoms with Gasteiger partial charge in [-0.2, -0.15) is 9.40 Å². The summed E-state index contributed by atoms with van der Waals surface area (Å²) in [6.07, 6.45) is 4.83. The van der Waals surface area contributed by atoms with Crippen molar-refractivity contribution >= 4 is 15.9 Å². The van der Waals surface area contributed by atoms with Gasteiger partial charge in [0.05, 0.1) is 24.2 Å². The number of rotatable bonds is 6. The minimum absolute atomic E-state index is 0.0291. The summed E-state index contributed by atoms with van der Waals surface area (Å²) < 4.78 is 35.5. The Labute approximate surface area is 159 Å². The van der Waals surface area contributed by atoms with Crippen LogP contribution in [-0.2, 0) is 21.8 Å². The minimum Gasteiger partial charge on any atom is -0.373 e. The van der Waals surface area contributed by atoms with Gasteiger partial charge in [0.2, 0.25) is 10.0 Å². The maximum Gasteiger partial charge on any atom is 0.256 e. The summed E-state index contributed by atoms with van der Waals surface area (Å²) >= 11 is 0. The normalized spacial score (nSPS) is 21.3. The van der Waals surface area contributed by atoms with Gasteiger partial charge in [-0.15, -0.1) is 0 Å². The first-order chi connectivity index (χ1) is 12.8. The molecule has 1 amide bonds. The van der Waals surface area contributed by atoms with Gasteiger partial charge in [0.25, 0.3) is 5.91 Å². The molecule has 9 nitrogen and oxygen atoms in total. The highest BCUT2D eigenvalue weighted by molar-refractivity contribution is 7.89. The van der Waals surface area contributed by atoms with E-state index in [0.717, 1.165) is 0 Å². The van der Waals surface area contributed by atoms with E-state index in [1.54, 1.807) is 16.3 Å². The maximum atomic E-state index is 12.6. The van der Waals surface area contributed by atoms with E-state index >= 15 is 0 Å². The number of amides is 1. The van der Waals surface area contributed by atoms with Crippen molar-refractivity contribution in [2.45, 2.75) is 26.1 Å². The van der Waals surface area contributed by atoms with Crippen molar-refractivity contribution in [3.63, 3.8) is 0 Å². The molecule has 0 radical (unpaired) electrons. The lowest BCUT2D eigenvalue weighted by molar-refractivity contribution is -0.0440. The molecule has 2 atom stereocenters. The molecule has 1 aliphatic rings. The zero-order chi connectivity index (χ0) is 19.6. The summed E-state index contributed by atoms with van der Waals surface area (Å²) in [6, 6.07) is 3.71. The van der Waals surface area contributed by atoms with E-state index < -0.39 is 10.0 Å². The van der Waals surface area contributed by atoms with Gasteiger partial charge in [0, 0.05) is 39.1 Å². The molecule has 0 aromatic carbocycles. The summed E-state index contributed by atoms with van der Waals surface area (Å²) in [5.74, 6) is 0.110. The SMILES string of the molecule is C[C@@H]1CN(S(=O)(=O)CCNC(=O)c2cnn(C)c2-n2cccc2)C[C@@H](C)O1. The van der Waals surface area contributed by atoms with Crippen LogP contribution in [0.15, 0.2) is 30.7 Å². The zero-order valence-corrected chi connectivity index (χ0v) is 16.5. The van der Waals surface area contributed by atoms with Crippen LogP contribution in [0.4, 0.5) is 0 Å². The Bertz CT molecular complexity index is 881. The average molecular weight is 395 g/mol. The maximum absolute atomic E-state index is 12.6. The van der Waals surface area contributed by atoms with Crippen LogP contribution < -0.4 is 5.32 Å². The number of carbonyl (C=O) groups excluding carboxylic acids is 1. The highest BCUT2D eigenvalue weighted by Gasteiger charge is 2.30. The van der Waals surface area contributed by atoms with Gasteiger partial charge < -0.3 is 14.6 Å². The first-order valence-corrected chi connectivity index (χ1v) is 10.5. The van der Waals surface area contributed by atoms with E-state index in [-0.39, 0.29) is 30.4 Å². The van der Waals surface area contributed by atoms with Crippen molar-refractivity contribution in [1.82, 2.24) is 24.0 Å². The smallest absolute Gasteiger partial charge is 0.256 e. The molecule has 1 N–H and O–H groups in total. The van der Waals surface area contributed by atoms with Crippen LogP contribution in [0, 0.1) is 0 Å². The standard InChI is InChI=1S/C17H25N5O4S/c1-13-11-22(12-14(2)26-13)27(24,25)9-6-18-16(23)15-10-19-20(3)17(15)21-7-4-5-8-21/h4-5,7-8,10,13-14H,6,9,11-12H2,1-3H3,(H,18,23)/t13-,14-/m1/s1. The number of nitrogens with zero attached hydrogens (tertiary/aromatic N) is 4. The molecule has 1 aliphatic heterocycles. The number of aryl methyl sites for hydroxylation is 1. The lowest BCUT2D eigenvalue weighted by atomic mass is 10.3. The van der Waals surface area contributed by atoms with Crippen LogP contribution in [0.1, 0.15) is 24.2 Å². The zero-order valence-electron chi connectivity index (χ0n) is 15.7. The Kier molecular flexibility index (Phi) is 5.68. The molecule has 10 heteroatoms. The van der Waals surface area contributed by atoms with E-state index in [2.05, 4.69) is 10.4 Å². The Morgan fingerprint density at radius 3 is 2.52 bits per heavy atom. The average Bonchev–Trinajstić information content (AvgIpc) is 3.22. The fourth-order valence-corrected chi connectivity index (χ4v) is 4.74. The molecule has 3 rings (SSSR count). The third kappa shape index (κ3) is 4.40. The van der Waals surface area contributed by atoms with Crippen LogP contribution >= 0.6 is 0 Å². The first-order valence-electron chi connectivity index (χ1n) is 8.85. The molecule has 1 saturated heterocycles. The second-order valence-electron chi connectivity index (χ2n) is 6.74. The largest absolute Gasteiger partial charge is 0.373 e. The van der Waals surface area contributed by atoms with Gasteiger partial charge in [0.1, 0.15) is 11.4 Å². The summed E-state index contributed by atoms with van der Waals surface area (Å²) in [5.41, 5.74) is 0.389. The number of sulfonamides is 1. The number of aromatic nitrogens is 3. The topological polar surface area (TPSA) is 98.5 Å². The number of hydrogen-bond donors (Lipinski definition) is 1. The fraction of sp³-hybridized carbons (Fsp3) is 0.529. The van der Waals surface area contributed by atoms with Gasteiger partial charge in [-0.05, 0) is 26.0 Å². The summed E-state index contributed by atoms with van der Waals surface area (Å²) in [6.45, 7) is 4.40. The Morgan fingerprint density at radius 2 is 1.89 bits per heavy atom. The molecule has 27 heavy (non-hydrogen) atoms. The summed E-state index contributed by atoms with van der Waals surface area (Å²) in [5, 5.41) is 6.82. The van der Waals surface area contributed by atoms with E-state index in [0.29, 0.717) is 24.5 Å². The van der Waals surface area contributed by atoms with Gasteiger partial charge in [-0.3, -0.25) is 9.48 Å². The van der Waals surface area contributed by atoms with Crippen molar-refractivity contribution < 1.29 is 17.9 Å². The Balaban J connectivity index is 1.62. The Hall–Kier alpha value is -2.17. The quantitative estimate of drug-likeness (QED) is 0.762. The third-order valence-corrected chi connectivity index (χ3v) is 6.23. The van der Waals surface area contributed by atoms with Crippen LogP contribution in [0.2, 0.25) is 0 Å². The molecule has 2 aromatic rings. The van der Waals surface area contributed by atoms with Gasteiger partial charge in [-0.25, -0.2) is 8.42 Å². The highest BCUT2D eigenvalue weighted by atomic mass is 32.2. The van der Waals surface area contributed by atoms with Gasteiger partial charge in [-0.1, -0.05) is 0 Å². The number of ether oxygens (including phenoxy) is 1. The number of carbonyl (C=O) groups is 1. The highest BCUT2D eigenvalue weighted by Crippen LogP contribution is 2.15. The molecule has 0 aliphatic carbocycles. The fourth-order valence-electron chi connectivity index (χ4n) is 3.25. The molecule has 0 saturated carbocycles. The predicted molar refractivity (Wildman–Crippen MR) is 100 cm³/mol. The minimum atomic E-state index is -3.46. The van der Waals surface area contributed by atoms with Gasteiger partial charge >= 0.3 is 0 Å².